The fraction of sp³-hybridized carbons (Fsp3) is 0.533. The van der Waals surface area contributed by atoms with Crippen LogP contribution in [-0.4, -0.2) is 30.4 Å². The molecular weight excluding hydrogens is 224 g/mol. The van der Waals surface area contributed by atoms with Crippen molar-refractivity contribution in [2.45, 2.75) is 33.2 Å². The van der Waals surface area contributed by atoms with Gasteiger partial charge in [0, 0.05) is 13.6 Å². The summed E-state index contributed by atoms with van der Waals surface area (Å²) in [6.45, 7) is 6.75. The van der Waals surface area contributed by atoms with Gasteiger partial charge in [0.15, 0.2) is 0 Å². The number of hydrogen-bond acceptors (Lipinski definition) is 2. The minimum Gasteiger partial charge on any atom is -0.344 e. The highest BCUT2D eigenvalue weighted by Gasteiger charge is 2.20. The molecule has 3 heteroatoms. The molecule has 0 saturated heterocycles. The van der Waals surface area contributed by atoms with Crippen molar-refractivity contribution in [3.8, 4) is 0 Å². The van der Waals surface area contributed by atoms with E-state index in [0.29, 0.717) is 6.54 Å². The van der Waals surface area contributed by atoms with E-state index >= 15 is 0 Å². The predicted octanol–water partition coefficient (Wildman–Crippen LogP) is 1.98. The quantitative estimate of drug-likeness (QED) is 0.866. The lowest BCUT2D eigenvalue weighted by molar-refractivity contribution is -0.132. The molecule has 0 saturated carbocycles. The van der Waals surface area contributed by atoms with Crippen molar-refractivity contribution >= 4 is 5.91 Å². The van der Waals surface area contributed by atoms with Crippen LogP contribution < -0.4 is 5.73 Å². The molecule has 1 unspecified atom stereocenters. The Morgan fingerprint density at radius 2 is 1.94 bits per heavy atom. The van der Waals surface area contributed by atoms with Gasteiger partial charge in [-0.3, -0.25) is 4.79 Å². The fourth-order valence-electron chi connectivity index (χ4n) is 1.83. The van der Waals surface area contributed by atoms with Crippen molar-refractivity contribution in [3.05, 3.63) is 35.4 Å². The number of rotatable bonds is 5. The Hall–Kier alpha value is -1.35. The standard InChI is InChI=1S/C15H24N2O/c1-11(2)14(16)15(18)17(4)10-9-13-8-6-5-7-12(13)3/h5-8,11,14H,9-10,16H2,1-4H3. The molecule has 1 aromatic rings. The molecule has 18 heavy (non-hydrogen) atoms. The number of aryl methyl sites for hydroxylation is 1. The molecule has 0 fully saturated rings. The Kier molecular flexibility index (Phi) is 5.35. The van der Waals surface area contributed by atoms with Gasteiger partial charge < -0.3 is 10.6 Å². The summed E-state index contributed by atoms with van der Waals surface area (Å²) in [5.74, 6) is 0.206. The summed E-state index contributed by atoms with van der Waals surface area (Å²) in [4.78, 5) is 13.7. The molecule has 0 heterocycles. The normalized spacial score (nSPS) is 12.6. The van der Waals surface area contributed by atoms with Crippen molar-refractivity contribution in [1.82, 2.24) is 4.90 Å². The zero-order valence-corrected chi connectivity index (χ0v) is 11.8. The van der Waals surface area contributed by atoms with Crippen LogP contribution in [-0.2, 0) is 11.2 Å². The number of nitrogens with zero attached hydrogens (tertiary/aromatic N) is 1. The number of hydrogen-bond donors (Lipinski definition) is 1. The van der Waals surface area contributed by atoms with Crippen LogP contribution >= 0.6 is 0 Å². The van der Waals surface area contributed by atoms with Crippen LogP contribution in [0.3, 0.4) is 0 Å². The lowest BCUT2D eigenvalue weighted by Crippen LogP contribution is -2.45. The SMILES string of the molecule is Cc1ccccc1CCN(C)C(=O)C(N)C(C)C. The molecule has 0 aromatic heterocycles. The lowest BCUT2D eigenvalue weighted by atomic mass is 10.0. The molecule has 0 spiro atoms. The van der Waals surface area contributed by atoms with Crippen LogP contribution in [0, 0.1) is 12.8 Å². The Morgan fingerprint density at radius 1 is 1.33 bits per heavy atom. The molecule has 1 aromatic carbocycles. The van der Waals surface area contributed by atoms with Gasteiger partial charge in [-0.2, -0.15) is 0 Å². The molecule has 1 amide bonds. The second-order valence-electron chi connectivity index (χ2n) is 5.21. The monoisotopic (exact) mass is 248 g/mol. The van der Waals surface area contributed by atoms with Crippen LogP contribution in [0.25, 0.3) is 0 Å². The molecule has 3 nitrogen and oxygen atoms in total. The minimum absolute atomic E-state index is 0.0265. The number of nitrogens with two attached hydrogens (primary N) is 1. The Labute approximate surface area is 110 Å². The highest BCUT2D eigenvalue weighted by molar-refractivity contribution is 5.81. The third-order valence-corrected chi connectivity index (χ3v) is 3.36. The second kappa shape index (κ2) is 6.55. The summed E-state index contributed by atoms with van der Waals surface area (Å²) < 4.78 is 0. The van der Waals surface area contributed by atoms with Crippen molar-refractivity contribution < 1.29 is 4.79 Å². The van der Waals surface area contributed by atoms with Crippen LogP contribution in [0.4, 0.5) is 0 Å². The first-order valence-corrected chi connectivity index (χ1v) is 6.48. The maximum absolute atomic E-state index is 12.0. The fourth-order valence-corrected chi connectivity index (χ4v) is 1.83. The maximum atomic E-state index is 12.0. The number of benzene rings is 1. The summed E-state index contributed by atoms with van der Waals surface area (Å²) in [7, 11) is 1.82. The van der Waals surface area contributed by atoms with Crippen LogP contribution in [0.5, 0.6) is 0 Å². The Morgan fingerprint density at radius 3 is 2.50 bits per heavy atom. The van der Waals surface area contributed by atoms with Gasteiger partial charge in [-0.25, -0.2) is 0 Å². The van der Waals surface area contributed by atoms with Gasteiger partial charge in [0.2, 0.25) is 5.91 Å². The van der Waals surface area contributed by atoms with E-state index in [1.54, 1.807) is 4.90 Å². The maximum Gasteiger partial charge on any atom is 0.239 e. The zero-order valence-electron chi connectivity index (χ0n) is 11.8. The summed E-state index contributed by atoms with van der Waals surface area (Å²) in [6.07, 6.45) is 0.875. The first-order valence-electron chi connectivity index (χ1n) is 6.48. The van der Waals surface area contributed by atoms with Crippen molar-refractivity contribution in [1.29, 1.82) is 0 Å². The summed E-state index contributed by atoms with van der Waals surface area (Å²) >= 11 is 0. The van der Waals surface area contributed by atoms with Gasteiger partial charge >= 0.3 is 0 Å². The Balaban J connectivity index is 2.54. The largest absolute Gasteiger partial charge is 0.344 e. The first kappa shape index (κ1) is 14.7. The molecule has 100 valence electrons. The van der Waals surface area contributed by atoms with Gasteiger partial charge in [0.05, 0.1) is 6.04 Å². The number of amides is 1. The van der Waals surface area contributed by atoms with Gasteiger partial charge in [-0.1, -0.05) is 38.1 Å². The number of carbonyl (C=O) groups is 1. The van der Waals surface area contributed by atoms with Gasteiger partial charge in [0.1, 0.15) is 0 Å². The van der Waals surface area contributed by atoms with Gasteiger partial charge in [0.25, 0.3) is 0 Å². The highest BCUT2D eigenvalue weighted by Crippen LogP contribution is 2.09. The van der Waals surface area contributed by atoms with Crippen LogP contribution in [0.1, 0.15) is 25.0 Å². The first-order chi connectivity index (χ1) is 8.43. The smallest absolute Gasteiger partial charge is 0.239 e. The van der Waals surface area contributed by atoms with E-state index in [1.807, 2.05) is 33.0 Å². The highest BCUT2D eigenvalue weighted by atomic mass is 16.2. The molecule has 0 aliphatic heterocycles. The van der Waals surface area contributed by atoms with E-state index < -0.39 is 6.04 Å². The zero-order chi connectivity index (χ0) is 13.7. The number of likely N-dealkylation sites (N-methyl/N-ethyl adjacent to an activating group) is 1. The molecule has 1 rings (SSSR count). The summed E-state index contributed by atoms with van der Waals surface area (Å²) in [5, 5.41) is 0. The molecule has 0 aliphatic rings. The average molecular weight is 248 g/mol. The van der Waals surface area contributed by atoms with E-state index in [-0.39, 0.29) is 11.8 Å². The van der Waals surface area contributed by atoms with E-state index in [1.165, 1.54) is 11.1 Å². The van der Waals surface area contributed by atoms with E-state index in [9.17, 15) is 4.79 Å². The van der Waals surface area contributed by atoms with Gasteiger partial charge in [-0.05, 0) is 30.4 Å². The molecule has 0 radical (unpaired) electrons. The molecule has 2 N–H and O–H groups in total. The Bertz CT molecular complexity index is 401. The summed E-state index contributed by atoms with van der Waals surface area (Å²) in [5.41, 5.74) is 8.43. The van der Waals surface area contributed by atoms with Gasteiger partial charge in [-0.15, -0.1) is 0 Å². The average Bonchev–Trinajstić information content (AvgIpc) is 2.35. The second-order valence-corrected chi connectivity index (χ2v) is 5.21. The van der Waals surface area contributed by atoms with E-state index in [0.717, 1.165) is 6.42 Å². The van der Waals surface area contributed by atoms with E-state index in [2.05, 4.69) is 19.1 Å². The van der Waals surface area contributed by atoms with Crippen LogP contribution in [0.15, 0.2) is 24.3 Å². The molecule has 0 bridgehead atoms. The molecule has 0 aliphatic carbocycles. The molecule has 1 atom stereocenters. The third kappa shape index (κ3) is 3.84. The minimum atomic E-state index is -0.396. The lowest BCUT2D eigenvalue weighted by Gasteiger charge is -2.23. The molecular formula is C15H24N2O. The predicted molar refractivity (Wildman–Crippen MR) is 75.3 cm³/mol. The van der Waals surface area contributed by atoms with E-state index in [4.69, 9.17) is 5.73 Å². The number of carbonyl (C=O) groups excluding carboxylic acids is 1. The van der Waals surface area contributed by atoms with Crippen molar-refractivity contribution in [2.75, 3.05) is 13.6 Å². The van der Waals surface area contributed by atoms with Crippen molar-refractivity contribution in [3.63, 3.8) is 0 Å². The van der Waals surface area contributed by atoms with Crippen LogP contribution in [0.2, 0.25) is 0 Å². The topological polar surface area (TPSA) is 46.3 Å². The third-order valence-electron chi connectivity index (χ3n) is 3.36. The van der Waals surface area contributed by atoms with Crippen molar-refractivity contribution in [2.24, 2.45) is 11.7 Å². The summed E-state index contributed by atoms with van der Waals surface area (Å²) in [6, 6.07) is 7.87.